The van der Waals surface area contributed by atoms with E-state index in [0.29, 0.717) is 0 Å². The SMILES string of the molecule is CC1OB(c2cncc(C(C)(C)C#N)c2)OC1(C)C. The summed E-state index contributed by atoms with van der Waals surface area (Å²) in [6.07, 6.45) is 3.47. The van der Waals surface area contributed by atoms with Crippen molar-refractivity contribution in [2.24, 2.45) is 0 Å². The Morgan fingerprint density at radius 1 is 1.42 bits per heavy atom. The molecule has 2 heterocycles. The van der Waals surface area contributed by atoms with E-state index < -0.39 is 12.5 Å². The quantitative estimate of drug-likeness (QED) is 0.759. The second kappa shape index (κ2) is 4.62. The van der Waals surface area contributed by atoms with Gasteiger partial charge in [0.05, 0.1) is 23.2 Å². The molecule has 1 aliphatic rings. The van der Waals surface area contributed by atoms with Gasteiger partial charge in [-0.2, -0.15) is 5.26 Å². The summed E-state index contributed by atoms with van der Waals surface area (Å²) in [5.74, 6) is 0. The molecule has 1 saturated heterocycles. The van der Waals surface area contributed by atoms with Gasteiger partial charge in [0.2, 0.25) is 0 Å². The van der Waals surface area contributed by atoms with Crippen LogP contribution in [0.15, 0.2) is 18.5 Å². The highest BCUT2D eigenvalue weighted by molar-refractivity contribution is 6.61. The number of pyridine rings is 1. The first-order chi connectivity index (χ1) is 8.76. The molecule has 2 rings (SSSR count). The van der Waals surface area contributed by atoms with E-state index in [0.717, 1.165) is 11.0 Å². The maximum absolute atomic E-state index is 9.19. The van der Waals surface area contributed by atoms with Crippen LogP contribution in [0.4, 0.5) is 0 Å². The average Bonchev–Trinajstić information content (AvgIpc) is 2.64. The number of rotatable bonds is 2. The maximum atomic E-state index is 9.19. The van der Waals surface area contributed by atoms with Gasteiger partial charge in [-0.1, -0.05) is 6.07 Å². The Kier molecular flexibility index (Phi) is 3.42. The van der Waals surface area contributed by atoms with Crippen molar-refractivity contribution in [3.05, 3.63) is 24.0 Å². The average molecular weight is 258 g/mol. The van der Waals surface area contributed by atoms with Gasteiger partial charge < -0.3 is 9.31 Å². The van der Waals surface area contributed by atoms with Gasteiger partial charge in [-0.15, -0.1) is 0 Å². The zero-order valence-electron chi connectivity index (χ0n) is 12.1. The van der Waals surface area contributed by atoms with Crippen molar-refractivity contribution in [2.45, 2.75) is 51.7 Å². The molecule has 1 fully saturated rings. The Labute approximate surface area is 114 Å². The van der Waals surface area contributed by atoms with Crippen molar-refractivity contribution < 1.29 is 9.31 Å². The highest BCUT2D eigenvalue weighted by Gasteiger charge is 2.44. The van der Waals surface area contributed by atoms with Gasteiger partial charge in [0, 0.05) is 17.9 Å². The molecule has 0 radical (unpaired) electrons. The third-order valence-electron chi connectivity index (χ3n) is 3.75. The lowest BCUT2D eigenvalue weighted by molar-refractivity contribution is 0.0842. The van der Waals surface area contributed by atoms with Crippen LogP contribution in [0.2, 0.25) is 0 Å². The monoisotopic (exact) mass is 258 g/mol. The Bertz CT molecular complexity index is 522. The predicted molar refractivity (Wildman–Crippen MR) is 74.0 cm³/mol. The standard InChI is InChI=1S/C14H19BN2O2/c1-10-14(4,5)19-15(18-10)12-6-11(7-17-8-12)13(2,3)9-16/h6-8,10H,1-5H3. The van der Waals surface area contributed by atoms with Crippen LogP contribution in [0.1, 0.15) is 40.2 Å². The van der Waals surface area contributed by atoms with Crippen molar-refractivity contribution >= 4 is 12.6 Å². The third-order valence-corrected chi connectivity index (χ3v) is 3.75. The van der Waals surface area contributed by atoms with Gasteiger partial charge in [0.15, 0.2) is 0 Å². The molecule has 1 aliphatic heterocycles. The highest BCUT2D eigenvalue weighted by Crippen LogP contribution is 2.27. The van der Waals surface area contributed by atoms with Crippen molar-refractivity contribution in [1.82, 2.24) is 4.98 Å². The van der Waals surface area contributed by atoms with Crippen molar-refractivity contribution in [3.8, 4) is 6.07 Å². The van der Waals surface area contributed by atoms with Gasteiger partial charge in [-0.25, -0.2) is 0 Å². The van der Waals surface area contributed by atoms with Crippen LogP contribution in [0.5, 0.6) is 0 Å². The summed E-state index contributed by atoms with van der Waals surface area (Å²) in [6, 6.07) is 4.22. The molecular formula is C14H19BN2O2. The fourth-order valence-corrected chi connectivity index (χ4v) is 1.89. The van der Waals surface area contributed by atoms with Gasteiger partial charge in [-0.3, -0.25) is 4.98 Å². The molecule has 0 saturated carbocycles. The number of nitrogens with zero attached hydrogens (tertiary/aromatic N) is 2. The van der Waals surface area contributed by atoms with Gasteiger partial charge in [0.25, 0.3) is 0 Å². The molecule has 0 N–H and O–H groups in total. The normalized spacial score (nSPS) is 22.3. The summed E-state index contributed by atoms with van der Waals surface area (Å²) in [7, 11) is -0.410. The molecule has 0 aromatic carbocycles. The number of aromatic nitrogens is 1. The minimum absolute atomic E-state index is 0.0186. The molecule has 1 aromatic heterocycles. The van der Waals surface area contributed by atoms with Gasteiger partial charge >= 0.3 is 7.12 Å². The van der Waals surface area contributed by atoms with Crippen molar-refractivity contribution in [3.63, 3.8) is 0 Å². The molecule has 0 bridgehead atoms. The van der Waals surface area contributed by atoms with Gasteiger partial charge in [0.1, 0.15) is 0 Å². The van der Waals surface area contributed by atoms with Crippen molar-refractivity contribution in [2.75, 3.05) is 0 Å². The smallest absolute Gasteiger partial charge is 0.402 e. The first-order valence-electron chi connectivity index (χ1n) is 6.46. The second-order valence-corrected chi connectivity index (χ2v) is 6.08. The number of nitriles is 1. The fraction of sp³-hybridized carbons (Fsp3) is 0.571. The lowest BCUT2D eigenvalue weighted by atomic mass is 9.77. The van der Waals surface area contributed by atoms with Crippen LogP contribution >= 0.6 is 0 Å². The maximum Gasteiger partial charge on any atom is 0.496 e. The third kappa shape index (κ3) is 2.65. The van der Waals surface area contributed by atoms with Crippen LogP contribution in [-0.4, -0.2) is 23.8 Å². The van der Waals surface area contributed by atoms with Crippen LogP contribution < -0.4 is 5.46 Å². The predicted octanol–water partition coefficient (Wildman–Crippen LogP) is 1.79. The molecule has 4 nitrogen and oxygen atoms in total. The molecule has 1 aromatic rings. The summed E-state index contributed by atoms with van der Waals surface area (Å²) in [4.78, 5) is 4.21. The molecule has 100 valence electrons. The minimum atomic E-state index is -0.567. The zero-order chi connectivity index (χ0) is 14.3. The highest BCUT2D eigenvalue weighted by atomic mass is 16.7. The summed E-state index contributed by atoms with van der Waals surface area (Å²) in [5, 5.41) is 9.19. The summed E-state index contributed by atoms with van der Waals surface area (Å²) >= 11 is 0. The van der Waals surface area contributed by atoms with E-state index in [1.54, 1.807) is 12.4 Å². The Morgan fingerprint density at radius 2 is 2.11 bits per heavy atom. The van der Waals surface area contributed by atoms with E-state index in [1.165, 1.54) is 0 Å². The van der Waals surface area contributed by atoms with Crippen molar-refractivity contribution in [1.29, 1.82) is 5.26 Å². The molecule has 1 unspecified atom stereocenters. The van der Waals surface area contributed by atoms with E-state index in [4.69, 9.17) is 9.31 Å². The lowest BCUT2D eigenvalue weighted by Gasteiger charge is -2.21. The molecular weight excluding hydrogens is 239 g/mol. The van der Waals surface area contributed by atoms with Gasteiger partial charge in [-0.05, 0) is 40.2 Å². The molecule has 0 aliphatic carbocycles. The lowest BCUT2D eigenvalue weighted by Crippen LogP contribution is -2.36. The summed E-state index contributed by atoms with van der Waals surface area (Å²) in [5.41, 5.74) is 0.851. The largest absolute Gasteiger partial charge is 0.496 e. The zero-order valence-corrected chi connectivity index (χ0v) is 12.1. The number of hydrogen-bond acceptors (Lipinski definition) is 4. The Hall–Kier alpha value is -1.38. The molecule has 5 heteroatoms. The molecule has 0 spiro atoms. The van der Waals surface area contributed by atoms with E-state index in [9.17, 15) is 5.26 Å². The first-order valence-corrected chi connectivity index (χ1v) is 6.46. The van der Waals surface area contributed by atoms with Crippen LogP contribution in [0.3, 0.4) is 0 Å². The van der Waals surface area contributed by atoms with E-state index in [1.807, 2.05) is 40.7 Å². The molecule has 19 heavy (non-hydrogen) atoms. The number of hydrogen-bond donors (Lipinski definition) is 0. The van der Waals surface area contributed by atoms with E-state index in [-0.39, 0.29) is 11.7 Å². The topological polar surface area (TPSA) is 55.1 Å². The molecule has 1 atom stereocenters. The van der Waals surface area contributed by atoms with E-state index in [2.05, 4.69) is 11.1 Å². The molecule has 0 amide bonds. The Balaban J connectivity index is 2.29. The minimum Gasteiger partial charge on any atom is -0.402 e. The first kappa shape index (κ1) is 14.0. The summed E-state index contributed by atoms with van der Waals surface area (Å²) in [6.45, 7) is 9.76. The van der Waals surface area contributed by atoms with Crippen LogP contribution in [0.25, 0.3) is 0 Å². The summed E-state index contributed by atoms with van der Waals surface area (Å²) < 4.78 is 11.7. The second-order valence-electron chi connectivity index (χ2n) is 6.08. The fourth-order valence-electron chi connectivity index (χ4n) is 1.89. The van der Waals surface area contributed by atoms with Crippen LogP contribution in [-0.2, 0) is 14.7 Å². The van der Waals surface area contributed by atoms with Crippen LogP contribution in [0, 0.1) is 11.3 Å². The van der Waals surface area contributed by atoms with E-state index >= 15 is 0 Å². The Morgan fingerprint density at radius 3 is 2.63 bits per heavy atom.